The van der Waals surface area contributed by atoms with Crippen molar-refractivity contribution in [3.8, 4) is 0 Å². The molecule has 0 bridgehead atoms. The van der Waals surface area contributed by atoms with Gasteiger partial charge in [0.15, 0.2) is 11.0 Å². The minimum Gasteiger partial charge on any atom is -0.342 e. The summed E-state index contributed by atoms with van der Waals surface area (Å²) in [6, 6.07) is 0. The highest BCUT2D eigenvalue weighted by Crippen LogP contribution is 2.32. The first-order valence-corrected chi connectivity index (χ1v) is 9.43. The van der Waals surface area contributed by atoms with Crippen LogP contribution < -0.4 is 0 Å². The van der Waals surface area contributed by atoms with Crippen molar-refractivity contribution in [2.45, 2.75) is 38.5 Å². The number of fused-ring (bicyclic) bond motifs is 1. The number of nitrogens with one attached hydrogen (secondary N) is 1. The summed E-state index contributed by atoms with van der Waals surface area (Å²) in [4.78, 5) is 25.9. The van der Waals surface area contributed by atoms with E-state index in [1.54, 1.807) is 11.8 Å². The summed E-state index contributed by atoms with van der Waals surface area (Å²) < 4.78 is 0. The molecule has 128 valence electrons. The summed E-state index contributed by atoms with van der Waals surface area (Å²) >= 11 is 1.64. The van der Waals surface area contributed by atoms with E-state index in [1.807, 2.05) is 11.8 Å². The van der Waals surface area contributed by atoms with Crippen LogP contribution in [0, 0.1) is 6.92 Å². The van der Waals surface area contributed by atoms with Crippen molar-refractivity contribution in [3.05, 3.63) is 22.8 Å². The molecule has 7 nitrogen and oxygen atoms in total. The molecule has 4 heterocycles. The number of likely N-dealkylation sites (tertiary alicyclic amines) is 1. The Morgan fingerprint density at radius 1 is 1.42 bits per heavy atom. The van der Waals surface area contributed by atoms with Crippen LogP contribution in [-0.2, 0) is 4.79 Å². The summed E-state index contributed by atoms with van der Waals surface area (Å²) in [7, 11) is 0. The molecule has 1 N–H and O–H groups in total. The predicted octanol–water partition coefficient (Wildman–Crippen LogP) is 1.86. The van der Waals surface area contributed by atoms with Crippen LogP contribution in [-0.4, -0.2) is 62.2 Å². The Kier molecular flexibility index (Phi) is 4.30. The molecule has 3 aliphatic heterocycles. The van der Waals surface area contributed by atoms with Crippen molar-refractivity contribution >= 4 is 22.8 Å². The van der Waals surface area contributed by atoms with E-state index >= 15 is 0 Å². The topological polar surface area (TPSA) is 77.5 Å². The minimum absolute atomic E-state index is 0.200. The molecular weight excluding hydrogens is 324 g/mol. The molecule has 0 aliphatic carbocycles. The number of carbonyl (C=O) groups is 1. The number of carbonyl (C=O) groups excluding carboxylic acids is 1. The van der Waals surface area contributed by atoms with Crippen molar-refractivity contribution in [1.29, 1.82) is 0 Å². The Balaban J connectivity index is 1.39. The van der Waals surface area contributed by atoms with Crippen LogP contribution in [0.4, 0.5) is 0 Å². The fraction of sp³-hybridized carbons (Fsp3) is 0.625. The van der Waals surface area contributed by atoms with E-state index in [4.69, 9.17) is 0 Å². The number of hydrogen-bond donors (Lipinski definition) is 1. The smallest absolute Gasteiger partial charge is 0.228 e. The standard InChI is InChI=1S/C16H22N6OS/c1-11-18-15(20-19-11)12-4-2-6-21(9-12)14(23)8-13-10-24-16-17-5-3-7-22(13)16/h10,12H,2-9H2,1H3,(H,18,19,20)/t12-/m1/s1. The maximum atomic E-state index is 12.8. The number of aromatic nitrogens is 3. The maximum absolute atomic E-state index is 12.8. The zero-order valence-corrected chi connectivity index (χ0v) is 14.7. The molecule has 1 aromatic rings. The van der Waals surface area contributed by atoms with Gasteiger partial charge in [-0.3, -0.25) is 14.9 Å². The Morgan fingerprint density at radius 2 is 2.33 bits per heavy atom. The van der Waals surface area contributed by atoms with Gasteiger partial charge >= 0.3 is 0 Å². The number of aromatic amines is 1. The minimum atomic E-state index is 0.200. The third-order valence-corrected chi connectivity index (χ3v) is 5.70. The van der Waals surface area contributed by atoms with Gasteiger partial charge in [-0.15, -0.1) is 0 Å². The lowest BCUT2D eigenvalue weighted by molar-refractivity contribution is -0.131. The van der Waals surface area contributed by atoms with E-state index in [0.29, 0.717) is 6.42 Å². The molecule has 1 fully saturated rings. The first-order chi connectivity index (χ1) is 11.7. The maximum Gasteiger partial charge on any atom is 0.228 e. The largest absolute Gasteiger partial charge is 0.342 e. The van der Waals surface area contributed by atoms with Gasteiger partial charge in [-0.2, -0.15) is 5.10 Å². The lowest BCUT2D eigenvalue weighted by atomic mass is 9.97. The number of aliphatic imine (C=N–C) groups is 1. The summed E-state index contributed by atoms with van der Waals surface area (Å²) in [5.74, 6) is 2.11. The highest BCUT2D eigenvalue weighted by molar-refractivity contribution is 8.16. The van der Waals surface area contributed by atoms with Crippen molar-refractivity contribution < 1.29 is 4.79 Å². The van der Waals surface area contributed by atoms with E-state index in [9.17, 15) is 4.79 Å². The van der Waals surface area contributed by atoms with Crippen molar-refractivity contribution in [2.24, 2.45) is 4.99 Å². The lowest BCUT2D eigenvalue weighted by Gasteiger charge is -2.32. The molecule has 0 saturated carbocycles. The molecule has 0 aromatic carbocycles. The van der Waals surface area contributed by atoms with E-state index in [2.05, 4.69) is 30.5 Å². The molecule has 0 spiro atoms. The molecule has 1 saturated heterocycles. The van der Waals surface area contributed by atoms with Crippen molar-refractivity contribution in [3.63, 3.8) is 0 Å². The number of aryl methyl sites for hydroxylation is 1. The Hall–Kier alpha value is -1.83. The molecule has 24 heavy (non-hydrogen) atoms. The highest BCUT2D eigenvalue weighted by atomic mass is 32.2. The number of hydrogen-bond acceptors (Lipinski definition) is 6. The van der Waals surface area contributed by atoms with Crippen LogP contribution in [0.15, 0.2) is 16.1 Å². The Labute approximate surface area is 145 Å². The Morgan fingerprint density at radius 3 is 3.17 bits per heavy atom. The van der Waals surface area contributed by atoms with Crippen molar-refractivity contribution in [2.75, 3.05) is 26.2 Å². The first kappa shape index (κ1) is 15.7. The fourth-order valence-corrected chi connectivity index (χ4v) is 4.45. The average Bonchev–Trinajstić information content (AvgIpc) is 3.22. The second kappa shape index (κ2) is 6.58. The van der Waals surface area contributed by atoms with Gasteiger partial charge in [-0.05, 0) is 31.6 Å². The van der Waals surface area contributed by atoms with Gasteiger partial charge in [0.25, 0.3) is 0 Å². The van der Waals surface area contributed by atoms with Crippen LogP contribution in [0.3, 0.4) is 0 Å². The van der Waals surface area contributed by atoms with Crippen molar-refractivity contribution in [1.82, 2.24) is 25.0 Å². The van der Waals surface area contributed by atoms with E-state index < -0.39 is 0 Å². The van der Waals surface area contributed by atoms with E-state index in [1.165, 1.54) is 0 Å². The van der Waals surface area contributed by atoms with Gasteiger partial charge in [-0.1, -0.05) is 11.8 Å². The van der Waals surface area contributed by atoms with Gasteiger partial charge in [-0.25, -0.2) is 4.98 Å². The van der Waals surface area contributed by atoms with Gasteiger partial charge in [0, 0.05) is 37.8 Å². The molecule has 0 radical (unpaired) electrons. The van der Waals surface area contributed by atoms with Gasteiger partial charge in [0.2, 0.25) is 5.91 Å². The number of amidine groups is 1. The first-order valence-electron chi connectivity index (χ1n) is 8.55. The number of piperidine rings is 1. The number of nitrogens with zero attached hydrogens (tertiary/aromatic N) is 5. The summed E-state index contributed by atoms with van der Waals surface area (Å²) in [6.45, 7) is 5.34. The monoisotopic (exact) mass is 346 g/mol. The Bertz CT molecular complexity index is 696. The second-order valence-corrected chi connectivity index (χ2v) is 7.37. The fourth-order valence-electron chi connectivity index (χ4n) is 3.50. The second-order valence-electron chi connectivity index (χ2n) is 6.53. The summed E-state index contributed by atoms with van der Waals surface area (Å²) in [6.07, 6.45) is 3.58. The molecule has 4 rings (SSSR count). The SMILES string of the molecule is Cc1nc([C@@H]2CCCN(C(=O)CC3=CSC4=NCCCN34)C2)n[nH]1. The van der Waals surface area contributed by atoms with E-state index in [-0.39, 0.29) is 11.8 Å². The molecule has 1 amide bonds. The van der Waals surface area contributed by atoms with Crippen LogP contribution in [0.2, 0.25) is 0 Å². The van der Waals surface area contributed by atoms with Gasteiger partial charge < -0.3 is 9.80 Å². The number of rotatable bonds is 3. The summed E-state index contributed by atoms with van der Waals surface area (Å²) in [5.41, 5.74) is 1.10. The number of H-pyrrole nitrogens is 1. The van der Waals surface area contributed by atoms with Crippen LogP contribution >= 0.6 is 11.8 Å². The zero-order chi connectivity index (χ0) is 16.5. The van der Waals surface area contributed by atoms with Crippen LogP contribution in [0.25, 0.3) is 0 Å². The normalized spacial score (nSPS) is 23.8. The number of amides is 1. The number of thioether (sulfide) groups is 1. The van der Waals surface area contributed by atoms with Crippen LogP contribution in [0.5, 0.6) is 0 Å². The van der Waals surface area contributed by atoms with Gasteiger partial charge in [0.05, 0.1) is 6.42 Å². The lowest BCUT2D eigenvalue weighted by Crippen LogP contribution is -2.40. The quantitative estimate of drug-likeness (QED) is 0.904. The molecule has 8 heteroatoms. The molecule has 1 aromatic heterocycles. The molecule has 1 atom stereocenters. The zero-order valence-electron chi connectivity index (χ0n) is 13.9. The average molecular weight is 346 g/mol. The van der Waals surface area contributed by atoms with E-state index in [0.717, 1.165) is 68.0 Å². The van der Waals surface area contributed by atoms with Crippen LogP contribution in [0.1, 0.15) is 43.3 Å². The third kappa shape index (κ3) is 3.07. The third-order valence-electron chi connectivity index (χ3n) is 4.75. The highest BCUT2D eigenvalue weighted by Gasteiger charge is 2.30. The molecule has 3 aliphatic rings. The molecule has 0 unspecified atom stereocenters. The summed E-state index contributed by atoms with van der Waals surface area (Å²) in [5, 5.41) is 10.3. The predicted molar refractivity (Wildman–Crippen MR) is 93.6 cm³/mol. The molecular formula is C16H22N6OS. The van der Waals surface area contributed by atoms with Gasteiger partial charge in [0.1, 0.15) is 5.82 Å².